The van der Waals surface area contributed by atoms with Gasteiger partial charge in [0.2, 0.25) is 0 Å². The molecule has 12 nitrogen and oxygen atoms in total. The third-order valence-electron chi connectivity index (χ3n) is 21.4. The van der Waals surface area contributed by atoms with E-state index in [1.807, 2.05) is 182 Å². The lowest BCUT2D eigenvalue weighted by molar-refractivity contribution is 1.07. The van der Waals surface area contributed by atoms with Gasteiger partial charge in [0, 0.05) is 90.3 Å². The summed E-state index contributed by atoms with van der Waals surface area (Å²) < 4.78 is 0. The van der Waals surface area contributed by atoms with Gasteiger partial charge in [-0.25, -0.2) is 49.8 Å². The summed E-state index contributed by atoms with van der Waals surface area (Å²) in [5.41, 5.74) is 27.9. The van der Waals surface area contributed by atoms with Crippen LogP contribution in [0.25, 0.3) is 214 Å². The molecule has 20 aromatic rings. The minimum atomic E-state index is 0.527. The van der Waals surface area contributed by atoms with Crippen LogP contribution in [0, 0.1) is 0 Å². The summed E-state index contributed by atoms with van der Waals surface area (Å²) in [6.07, 6.45) is 3.68. The fraction of sp³-hybridized carbons (Fsp3) is 0. The molecule has 0 bridgehead atoms. The lowest BCUT2D eigenvalue weighted by atomic mass is 9.87. The molecule has 0 aliphatic heterocycles. The van der Waals surface area contributed by atoms with Gasteiger partial charge in [0.05, 0.1) is 34.2 Å². The number of aromatic nitrogens is 12. The molecule has 0 unspecified atom stereocenters. The highest BCUT2D eigenvalue weighted by Crippen LogP contribution is 2.45. The molecule has 0 spiro atoms. The zero-order chi connectivity index (χ0) is 79.9. The molecule has 0 atom stereocenters. The van der Waals surface area contributed by atoms with E-state index in [1.165, 1.54) is 0 Å². The lowest BCUT2D eigenvalue weighted by Gasteiger charge is -2.18. The molecule has 0 saturated heterocycles. The van der Waals surface area contributed by atoms with Gasteiger partial charge in [0.25, 0.3) is 0 Å². The van der Waals surface area contributed by atoms with Gasteiger partial charge >= 0.3 is 0 Å². The normalized spacial score (nSPS) is 11.2. The van der Waals surface area contributed by atoms with E-state index in [1.54, 1.807) is 0 Å². The Labute approximate surface area is 694 Å². The zero-order valence-corrected chi connectivity index (χ0v) is 64.8. The monoisotopic (exact) mass is 1530 g/mol. The van der Waals surface area contributed by atoms with Gasteiger partial charge < -0.3 is 0 Å². The van der Waals surface area contributed by atoms with E-state index >= 15 is 0 Å². The average molecular weight is 1540 g/mol. The van der Waals surface area contributed by atoms with E-state index in [0.29, 0.717) is 46.6 Å². The van der Waals surface area contributed by atoms with Crippen molar-refractivity contribution in [2.24, 2.45) is 0 Å². The largest absolute Gasteiger partial charge is 0.256 e. The summed E-state index contributed by atoms with van der Waals surface area (Å²) >= 11 is 0. The second-order valence-electron chi connectivity index (χ2n) is 29.1. The number of nitrogens with zero attached hydrogens (tertiary/aromatic N) is 12. The van der Waals surface area contributed by atoms with Crippen molar-refractivity contribution in [3.63, 3.8) is 0 Å². The summed E-state index contributed by atoms with van der Waals surface area (Å²) in [5, 5.41) is 0. The van der Waals surface area contributed by atoms with Crippen molar-refractivity contribution in [1.29, 1.82) is 0 Å². The predicted molar refractivity (Wildman–Crippen MR) is 483 cm³/mol. The van der Waals surface area contributed by atoms with Crippen molar-refractivity contribution in [3.05, 3.63) is 425 Å². The summed E-state index contributed by atoms with van der Waals surface area (Å²) in [6, 6.07) is 141. The Morgan fingerprint density at radius 3 is 0.883 bits per heavy atom. The molecule has 0 saturated carbocycles. The first kappa shape index (κ1) is 72.5. The summed E-state index contributed by atoms with van der Waals surface area (Å²) in [7, 11) is 0. The van der Waals surface area contributed by atoms with Crippen molar-refractivity contribution >= 4 is 0 Å². The lowest BCUT2D eigenvalue weighted by Crippen LogP contribution is -2.01. The molecule has 6 heterocycles. The molecular formula is C108H70N12. The molecule has 0 aliphatic rings. The van der Waals surface area contributed by atoms with E-state index in [4.69, 9.17) is 59.8 Å². The van der Waals surface area contributed by atoms with E-state index < -0.39 is 0 Å². The van der Waals surface area contributed by atoms with Gasteiger partial charge in [-0.1, -0.05) is 358 Å². The molecule has 20 rings (SSSR count). The molecular weight excluding hydrogens is 1470 g/mol. The van der Waals surface area contributed by atoms with Crippen LogP contribution >= 0.6 is 0 Å². The minimum Gasteiger partial charge on any atom is -0.256 e. The highest BCUT2D eigenvalue weighted by molar-refractivity contribution is 5.98. The Balaban J connectivity index is 0.626. The molecule has 14 aromatic carbocycles. The van der Waals surface area contributed by atoms with Crippen LogP contribution < -0.4 is 0 Å². The maximum absolute atomic E-state index is 5.46. The van der Waals surface area contributed by atoms with Gasteiger partial charge in [0.1, 0.15) is 0 Å². The third-order valence-corrected chi connectivity index (χ3v) is 21.4. The van der Waals surface area contributed by atoms with Crippen molar-refractivity contribution < 1.29 is 0 Å². The predicted octanol–water partition coefficient (Wildman–Crippen LogP) is 26.1. The quantitative estimate of drug-likeness (QED) is 0.0757. The highest BCUT2D eigenvalue weighted by Gasteiger charge is 2.24. The van der Waals surface area contributed by atoms with Gasteiger partial charge in [-0.2, -0.15) is 0 Å². The van der Waals surface area contributed by atoms with Crippen LogP contribution in [0.2, 0.25) is 0 Å². The van der Waals surface area contributed by atoms with E-state index in [0.717, 1.165) is 168 Å². The second-order valence-corrected chi connectivity index (χ2v) is 29.1. The molecule has 120 heavy (non-hydrogen) atoms. The average Bonchev–Trinajstić information content (AvgIpc) is 0.754. The molecule has 0 radical (unpaired) electrons. The SMILES string of the molecule is c1ccc(-c2cc(-c3ccc(-c4c(-c5ccccn5)cccc4-c4ccccc4-c4nc(-c5ccccc5)nc(-c5cccc(-c6cccc(-c7cc(-c8ccccc8)nc(-c8ccc(-c9ccc(-c%10ccccn%10)c(-c%10ccc(-c%11nc(-c%12ccccc%12)nc(-c%12ccccc%12)n%11)cc%10)c9)cc8)n7)c6)c5)n4)cc3)nc(-c3ccccc3)n2)cc1. The molecule has 6 aromatic heterocycles. The molecule has 0 N–H and O–H groups in total. The van der Waals surface area contributed by atoms with Crippen LogP contribution in [0.1, 0.15) is 0 Å². The van der Waals surface area contributed by atoms with Gasteiger partial charge in [0.15, 0.2) is 46.6 Å². The summed E-state index contributed by atoms with van der Waals surface area (Å²) in [6.45, 7) is 0. The molecule has 0 fully saturated rings. The van der Waals surface area contributed by atoms with Crippen LogP contribution in [0.4, 0.5) is 0 Å². The van der Waals surface area contributed by atoms with Crippen molar-refractivity contribution in [2.75, 3.05) is 0 Å². The van der Waals surface area contributed by atoms with Gasteiger partial charge in [-0.3, -0.25) is 9.97 Å². The second kappa shape index (κ2) is 32.8. The first-order chi connectivity index (χ1) is 59.4. The van der Waals surface area contributed by atoms with Crippen molar-refractivity contribution in [1.82, 2.24) is 59.8 Å². The Morgan fingerprint density at radius 2 is 0.408 bits per heavy atom. The highest BCUT2D eigenvalue weighted by atomic mass is 15.0. The van der Waals surface area contributed by atoms with E-state index in [9.17, 15) is 0 Å². The number of pyridine rings is 2. The first-order valence-corrected chi connectivity index (χ1v) is 39.8. The van der Waals surface area contributed by atoms with Crippen LogP contribution in [-0.4, -0.2) is 59.8 Å². The summed E-state index contributed by atoms with van der Waals surface area (Å²) in [5.74, 6) is 4.67. The van der Waals surface area contributed by atoms with Gasteiger partial charge in [-0.05, 0) is 110 Å². The molecule has 12 heteroatoms. The smallest absolute Gasteiger partial charge is 0.164 e. The van der Waals surface area contributed by atoms with Crippen LogP contribution in [0.5, 0.6) is 0 Å². The maximum Gasteiger partial charge on any atom is 0.164 e. The van der Waals surface area contributed by atoms with Crippen molar-refractivity contribution in [3.8, 4) is 214 Å². The molecule has 0 aliphatic carbocycles. The Morgan fingerprint density at radius 1 is 0.117 bits per heavy atom. The van der Waals surface area contributed by atoms with Crippen molar-refractivity contribution in [2.45, 2.75) is 0 Å². The number of rotatable bonds is 19. The topological polar surface area (TPSA) is 155 Å². The third kappa shape index (κ3) is 15.2. The van der Waals surface area contributed by atoms with Gasteiger partial charge in [-0.15, -0.1) is 0 Å². The minimum absolute atomic E-state index is 0.527. The molecule has 0 amide bonds. The van der Waals surface area contributed by atoms with Crippen LogP contribution in [0.3, 0.4) is 0 Å². The zero-order valence-electron chi connectivity index (χ0n) is 64.8. The van der Waals surface area contributed by atoms with Crippen LogP contribution in [-0.2, 0) is 0 Å². The number of benzene rings is 14. The standard InChI is InChI=1S/C108H70N12/c1-7-28-73(29-8-1)96-69-98(113-101(111-96)77-32-11-3-12-33-77)75-54-56-76(57-55-75)100-90(46-27-47-92(100)95-49-22-24-65-110-95)88-44-19-20-45-91(88)108-119-105(80-38-17-6-18-39-80)118-107(120-108)87-43-26-41-84(67-87)83-40-25-42-86(66-83)99-70-97(74-30-9-2-10-31-74)112-102(114-99)81-58-50-71(51-59-81)85-62-63-89(94-48-21-23-64-109-94)93(68-85)72-52-60-82(61-53-72)106-116-103(78-34-13-4-14-35-78)115-104(117-106)79-36-15-5-16-37-79/h1-70H. The Hall–Kier alpha value is -16.4. The van der Waals surface area contributed by atoms with Crippen LogP contribution in [0.15, 0.2) is 425 Å². The first-order valence-electron chi connectivity index (χ1n) is 39.8. The summed E-state index contributed by atoms with van der Waals surface area (Å²) in [4.78, 5) is 61.8. The number of hydrogen-bond acceptors (Lipinski definition) is 12. The van der Waals surface area contributed by atoms with E-state index in [2.05, 4.69) is 243 Å². The maximum atomic E-state index is 5.46. The Kier molecular flexibility index (Phi) is 19.8. The fourth-order valence-corrected chi connectivity index (χ4v) is 15.4. The van der Waals surface area contributed by atoms with E-state index in [-0.39, 0.29) is 0 Å². The number of hydrogen-bond donors (Lipinski definition) is 0. The fourth-order valence-electron chi connectivity index (χ4n) is 15.4. The Bertz CT molecular complexity index is 6960. The molecule has 562 valence electrons.